The van der Waals surface area contributed by atoms with Crippen molar-refractivity contribution in [2.45, 2.75) is 13.0 Å². The number of thiocarbonyl (C=S) groups is 1. The Morgan fingerprint density at radius 1 is 1.73 bits per heavy atom. The van der Waals surface area contributed by atoms with Gasteiger partial charge in [0.2, 0.25) is 0 Å². The van der Waals surface area contributed by atoms with Gasteiger partial charge in [0.1, 0.15) is 4.99 Å². The van der Waals surface area contributed by atoms with Crippen LogP contribution in [-0.2, 0) is 0 Å². The zero-order chi connectivity index (χ0) is 11.4. The summed E-state index contributed by atoms with van der Waals surface area (Å²) in [4.78, 5) is 6.27. The van der Waals surface area contributed by atoms with Gasteiger partial charge in [0.25, 0.3) is 0 Å². The third-order valence-electron chi connectivity index (χ3n) is 2.37. The smallest absolute Gasteiger partial charge is 0.106 e. The Kier molecular flexibility index (Phi) is 3.99. The zero-order valence-corrected chi connectivity index (χ0v) is 9.66. The van der Waals surface area contributed by atoms with Crippen molar-refractivity contribution in [1.82, 2.24) is 4.98 Å². The summed E-state index contributed by atoms with van der Waals surface area (Å²) in [5.41, 5.74) is 7.23. The van der Waals surface area contributed by atoms with Crippen molar-refractivity contribution in [2.75, 3.05) is 18.6 Å². The molecule has 3 N–H and O–H groups in total. The van der Waals surface area contributed by atoms with Crippen LogP contribution < -0.4 is 10.6 Å². The van der Waals surface area contributed by atoms with E-state index in [4.69, 9.17) is 23.1 Å². The number of hydrogen-bond acceptors (Lipinski definition) is 4. The van der Waals surface area contributed by atoms with Crippen molar-refractivity contribution in [2.24, 2.45) is 5.73 Å². The molecule has 82 valence electrons. The Morgan fingerprint density at radius 2 is 2.40 bits per heavy atom. The molecule has 0 amide bonds. The maximum atomic E-state index is 9.07. The van der Waals surface area contributed by atoms with Crippen LogP contribution in [0.1, 0.15) is 12.5 Å². The van der Waals surface area contributed by atoms with Crippen molar-refractivity contribution in [3.8, 4) is 0 Å². The van der Waals surface area contributed by atoms with Crippen molar-refractivity contribution >= 4 is 22.9 Å². The summed E-state index contributed by atoms with van der Waals surface area (Å²) < 4.78 is 0. The summed E-state index contributed by atoms with van der Waals surface area (Å²) >= 11 is 4.95. The van der Waals surface area contributed by atoms with E-state index >= 15 is 0 Å². The Hall–Kier alpha value is -1.20. The topological polar surface area (TPSA) is 62.4 Å². The maximum Gasteiger partial charge on any atom is 0.106 e. The lowest BCUT2D eigenvalue weighted by molar-refractivity contribution is 0.270. The van der Waals surface area contributed by atoms with E-state index in [-0.39, 0.29) is 12.6 Å². The number of anilines is 1. The molecule has 0 aliphatic carbocycles. The van der Waals surface area contributed by atoms with E-state index in [1.165, 1.54) is 0 Å². The molecule has 15 heavy (non-hydrogen) atoms. The number of aliphatic hydroxyl groups excluding tert-OH is 1. The predicted molar refractivity (Wildman–Crippen MR) is 65.1 cm³/mol. The molecule has 1 rings (SSSR count). The van der Waals surface area contributed by atoms with Crippen LogP contribution in [-0.4, -0.2) is 34.8 Å². The minimum Gasteiger partial charge on any atom is -0.394 e. The maximum absolute atomic E-state index is 9.07. The van der Waals surface area contributed by atoms with E-state index in [2.05, 4.69) is 4.98 Å². The number of nitrogens with zero attached hydrogens (tertiary/aromatic N) is 2. The minimum absolute atomic E-state index is 0.00213. The standard InChI is InChI=1S/C10H15N3OS/c1-7(6-14)13(2)9-5-12-4-3-8(9)10(11)15/h3-5,7,14H,6H2,1-2H3,(H2,11,15). The number of likely N-dealkylation sites (N-methyl/N-ethyl adjacent to an activating group) is 1. The van der Waals surface area contributed by atoms with E-state index in [1.54, 1.807) is 18.5 Å². The Morgan fingerprint density at radius 3 is 2.93 bits per heavy atom. The van der Waals surface area contributed by atoms with Gasteiger partial charge >= 0.3 is 0 Å². The molecular formula is C10H15N3OS. The fourth-order valence-electron chi connectivity index (χ4n) is 1.24. The molecule has 4 nitrogen and oxygen atoms in total. The Balaban J connectivity index is 3.07. The molecule has 0 aliphatic heterocycles. The van der Waals surface area contributed by atoms with E-state index in [9.17, 15) is 0 Å². The summed E-state index contributed by atoms with van der Waals surface area (Å²) in [6.45, 7) is 1.98. The van der Waals surface area contributed by atoms with Crippen LogP contribution in [0.25, 0.3) is 0 Å². The number of aliphatic hydroxyl groups is 1. The fourth-order valence-corrected chi connectivity index (χ4v) is 1.41. The predicted octanol–water partition coefficient (Wildman–Crippen LogP) is 0.533. The average molecular weight is 225 g/mol. The summed E-state index contributed by atoms with van der Waals surface area (Å²) in [5.74, 6) is 0. The van der Waals surface area contributed by atoms with Crippen LogP contribution >= 0.6 is 12.2 Å². The van der Waals surface area contributed by atoms with E-state index in [1.807, 2.05) is 18.9 Å². The number of aromatic nitrogens is 1. The molecule has 1 atom stereocenters. The lowest BCUT2D eigenvalue weighted by atomic mass is 10.2. The van der Waals surface area contributed by atoms with Gasteiger partial charge in [0.05, 0.1) is 18.5 Å². The molecular weight excluding hydrogens is 210 g/mol. The molecule has 0 aliphatic rings. The van der Waals surface area contributed by atoms with Crippen LogP contribution in [0.2, 0.25) is 0 Å². The Bertz CT molecular complexity index is 356. The van der Waals surface area contributed by atoms with Gasteiger partial charge in [0, 0.05) is 24.8 Å². The fraction of sp³-hybridized carbons (Fsp3) is 0.400. The number of hydrogen-bond donors (Lipinski definition) is 2. The normalized spacial score (nSPS) is 12.2. The molecule has 1 heterocycles. The first-order chi connectivity index (χ1) is 7.07. The molecule has 5 heteroatoms. The van der Waals surface area contributed by atoms with E-state index in [0.717, 1.165) is 11.3 Å². The van der Waals surface area contributed by atoms with Gasteiger partial charge in [-0.2, -0.15) is 0 Å². The monoisotopic (exact) mass is 225 g/mol. The third kappa shape index (κ3) is 2.64. The van der Waals surface area contributed by atoms with Crippen LogP contribution in [0.4, 0.5) is 5.69 Å². The largest absolute Gasteiger partial charge is 0.394 e. The summed E-state index contributed by atoms with van der Waals surface area (Å²) in [6, 6.07) is 1.78. The van der Waals surface area contributed by atoms with Crippen LogP contribution in [0, 0.1) is 0 Å². The number of rotatable bonds is 4. The molecule has 0 aromatic carbocycles. The summed E-state index contributed by atoms with van der Waals surface area (Å²) in [5, 5.41) is 9.07. The second-order valence-corrected chi connectivity index (χ2v) is 3.84. The van der Waals surface area contributed by atoms with Crippen LogP contribution in [0.5, 0.6) is 0 Å². The lowest BCUT2D eigenvalue weighted by Crippen LogP contribution is -2.33. The minimum atomic E-state index is 0.00213. The molecule has 0 saturated heterocycles. The van der Waals surface area contributed by atoms with Crippen molar-refractivity contribution in [3.63, 3.8) is 0 Å². The van der Waals surface area contributed by atoms with Gasteiger partial charge in [-0.05, 0) is 13.0 Å². The van der Waals surface area contributed by atoms with Crippen LogP contribution in [0.3, 0.4) is 0 Å². The molecule has 0 spiro atoms. The molecule has 0 bridgehead atoms. The van der Waals surface area contributed by atoms with E-state index in [0.29, 0.717) is 4.99 Å². The zero-order valence-electron chi connectivity index (χ0n) is 8.84. The number of nitrogens with two attached hydrogens (primary N) is 1. The molecule has 0 radical (unpaired) electrons. The van der Waals surface area contributed by atoms with Gasteiger partial charge in [0.15, 0.2) is 0 Å². The molecule has 1 aromatic rings. The van der Waals surface area contributed by atoms with Gasteiger partial charge < -0.3 is 15.7 Å². The first kappa shape index (κ1) is 11.9. The number of pyridine rings is 1. The highest BCUT2D eigenvalue weighted by atomic mass is 32.1. The van der Waals surface area contributed by atoms with Crippen molar-refractivity contribution in [1.29, 1.82) is 0 Å². The first-order valence-corrected chi connectivity index (χ1v) is 5.06. The third-order valence-corrected chi connectivity index (χ3v) is 2.59. The van der Waals surface area contributed by atoms with Gasteiger partial charge in [-0.15, -0.1) is 0 Å². The van der Waals surface area contributed by atoms with Crippen molar-refractivity contribution in [3.05, 3.63) is 24.0 Å². The van der Waals surface area contributed by atoms with Gasteiger partial charge in [-0.3, -0.25) is 4.98 Å². The summed E-state index contributed by atoms with van der Waals surface area (Å²) in [7, 11) is 1.87. The molecule has 0 saturated carbocycles. The van der Waals surface area contributed by atoms with E-state index < -0.39 is 0 Å². The van der Waals surface area contributed by atoms with Gasteiger partial charge in [-0.1, -0.05) is 12.2 Å². The van der Waals surface area contributed by atoms with Crippen molar-refractivity contribution < 1.29 is 5.11 Å². The molecule has 0 fully saturated rings. The highest BCUT2D eigenvalue weighted by molar-refractivity contribution is 7.80. The second kappa shape index (κ2) is 5.04. The highest BCUT2D eigenvalue weighted by Crippen LogP contribution is 2.19. The molecule has 1 unspecified atom stereocenters. The highest BCUT2D eigenvalue weighted by Gasteiger charge is 2.13. The van der Waals surface area contributed by atoms with Gasteiger partial charge in [-0.25, -0.2) is 0 Å². The SMILES string of the molecule is CC(CO)N(C)c1cnccc1C(N)=S. The van der Waals surface area contributed by atoms with Crippen LogP contribution in [0.15, 0.2) is 18.5 Å². The quantitative estimate of drug-likeness (QED) is 0.732. The first-order valence-electron chi connectivity index (χ1n) is 4.65. The lowest BCUT2D eigenvalue weighted by Gasteiger charge is -2.26. The second-order valence-electron chi connectivity index (χ2n) is 3.40. The summed E-state index contributed by atoms with van der Waals surface area (Å²) in [6.07, 6.45) is 3.34. The molecule has 1 aromatic heterocycles. The Labute approximate surface area is 94.7 Å². The average Bonchev–Trinajstić information content (AvgIpc) is 2.27.